The van der Waals surface area contributed by atoms with E-state index in [0.29, 0.717) is 18.8 Å². The summed E-state index contributed by atoms with van der Waals surface area (Å²) in [5, 5.41) is 3.09. The van der Waals surface area contributed by atoms with Crippen molar-refractivity contribution in [3.63, 3.8) is 0 Å². The largest absolute Gasteiger partial charge is 0.493 e. The van der Waals surface area contributed by atoms with Gasteiger partial charge in [0.15, 0.2) is 0 Å². The third-order valence-corrected chi connectivity index (χ3v) is 4.98. The molecular weight excluding hydrogens is 374 g/mol. The molecule has 0 fully saturated rings. The van der Waals surface area contributed by atoms with E-state index in [1.165, 1.54) is 0 Å². The Balaban J connectivity index is 1.83. The monoisotopic (exact) mass is 403 g/mol. The predicted molar refractivity (Wildman–Crippen MR) is 122 cm³/mol. The number of amides is 1. The molecule has 1 amide bonds. The number of nitrogens with one attached hydrogen (secondary N) is 1. The highest BCUT2D eigenvalue weighted by Crippen LogP contribution is 2.25. The lowest BCUT2D eigenvalue weighted by atomic mass is 10.0. The summed E-state index contributed by atoms with van der Waals surface area (Å²) < 4.78 is 11.7. The summed E-state index contributed by atoms with van der Waals surface area (Å²) in [6.45, 7) is 8.93. The lowest BCUT2D eigenvalue weighted by Gasteiger charge is -2.15. The minimum Gasteiger partial charge on any atom is -0.493 e. The second-order valence-corrected chi connectivity index (χ2v) is 7.28. The molecule has 0 aromatic heterocycles. The highest BCUT2D eigenvalue weighted by molar-refractivity contribution is 6.05. The first-order chi connectivity index (χ1) is 14.5. The summed E-state index contributed by atoms with van der Waals surface area (Å²) in [7, 11) is 0. The van der Waals surface area contributed by atoms with Crippen molar-refractivity contribution < 1.29 is 14.3 Å². The summed E-state index contributed by atoms with van der Waals surface area (Å²) in [5.41, 5.74) is 5.61. The number of benzene rings is 3. The first-order valence-electron chi connectivity index (χ1n) is 10.4. The number of aryl methyl sites for hydroxylation is 3. The number of carbonyl (C=O) groups is 1. The molecule has 30 heavy (non-hydrogen) atoms. The summed E-state index contributed by atoms with van der Waals surface area (Å²) >= 11 is 0. The SMILES string of the molecule is CCOc1ccc(C(=O)Nc2c(C)cccc2CC)cc1COc1cccc(C)c1. The molecule has 0 unspecified atom stereocenters. The van der Waals surface area contributed by atoms with Crippen LogP contribution in [0.2, 0.25) is 0 Å². The van der Waals surface area contributed by atoms with Crippen LogP contribution in [0.15, 0.2) is 60.7 Å². The van der Waals surface area contributed by atoms with Gasteiger partial charge in [0.1, 0.15) is 18.1 Å². The van der Waals surface area contributed by atoms with Crippen LogP contribution >= 0.6 is 0 Å². The van der Waals surface area contributed by atoms with Crippen LogP contribution < -0.4 is 14.8 Å². The number of carbonyl (C=O) groups excluding carboxylic acids is 1. The Morgan fingerprint density at radius 2 is 1.70 bits per heavy atom. The van der Waals surface area contributed by atoms with Gasteiger partial charge in [0.2, 0.25) is 0 Å². The van der Waals surface area contributed by atoms with E-state index in [9.17, 15) is 4.79 Å². The van der Waals surface area contributed by atoms with Gasteiger partial charge in [-0.2, -0.15) is 0 Å². The molecule has 1 N–H and O–H groups in total. The zero-order chi connectivity index (χ0) is 21.5. The van der Waals surface area contributed by atoms with Gasteiger partial charge in [-0.25, -0.2) is 0 Å². The van der Waals surface area contributed by atoms with E-state index in [0.717, 1.165) is 45.9 Å². The number of hydrogen-bond donors (Lipinski definition) is 1. The van der Waals surface area contributed by atoms with Gasteiger partial charge in [0, 0.05) is 16.8 Å². The Kier molecular flexibility index (Phi) is 7.12. The van der Waals surface area contributed by atoms with E-state index >= 15 is 0 Å². The van der Waals surface area contributed by atoms with Gasteiger partial charge >= 0.3 is 0 Å². The van der Waals surface area contributed by atoms with Crippen molar-refractivity contribution in [2.24, 2.45) is 0 Å². The molecule has 156 valence electrons. The number of hydrogen-bond acceptors (Lipinski definition) is 3. The standard InChI is InChI=1S/C26H29NO3/c1-5-20-11-8-10-19(4)25(20)27-26(28)21-13-14-24(29-6-2)22(16-21)17-30-23-12-7-9-18(3)15-23/h7-16H,5-6,17H2,1-4H3,(H,27,28). The topological polar surface area (TPSA) is 47.6 Å². The molecule has 4 heteroatoms. The molecule has 0 bridgehead atoms. The maximum absolute atomic E-state index is 13.0. The molecule has 0 saturated carbocycles. The molecule has 0 saturated heterocycles. The number of rotatable bonds is 8. The number of anilines is 1. The van der Waals surface area contributed by atoms with Crippen molar-refractivity contribution >= 4 is 11.6 Å². The van der Waals surface area contributed by atoms with Gasteiger partial charge in [-0.05, 0) is 74.2 Å². The fourth-order valence-corrected chi connectivity index (χ4v) is 3.38. The highest BCUT2D eigenvalue weighted by Gasteiger charge is 2.14. The minimum atomic E-state index is -0.140. The van der Waals surface area contributed by atoms with Crippen LogP contribution in [0.25, 0.3) is 0 Å². The maximum atomic E-state index is 13.0. The third kappa shape index (κ3) is 5.20. The molecule has 4 nitrogen and oxygen atoms in total. The Hall–Kier alpha value is -3.27. The number of ether oxygens (including phenoxy) is 2. The lowest BCUT2D eigenvalue weighted by molar-refractivity contribution is 0.102. The molecule has 0 aliphatic rings. The summed E-state index contributed by atoms with van der Waals surface area (Å²) in [6, 6.07) is 19.4. The van der Waals surface area contributed by atoms with Crippen LogP contribution in [0.5, 0.6) is 11.5 Å². The Labute approximate surface area is 178 Å². The molecule has 3 aromatic carbocycles. The van der Waals surface area contributed by atoms with E-state index in [-0.39, 0.29) is 5.91 Å². The van der Waals surface area contributed by atoms with E-state index in [4.69, 9.17) is 9.47 Å². The zero-order valence-electron chi connectivity index (χ0n) is 18.1. The maximum Gasteiger partial charge on any atom is 0.255 e. The Morgan fingerprint density at radius 1 is 0.900 bits per heavy atom. The quantitative estimate of drug-likeness (QED) is 0.495. The van der Waals surface area contributed by atoms with Gasteiger partial charge in [0.25, 0.3) is 5.91 Å². The van der Waals surface area contributed by atoms with Crippen molar-refractivity contribution in [3.8, 4) is 11.5 Å². The van der Waals surface area contributed by atoms with Gasteiger partial charge < -0.3 is 14.8 Å². The van der Waals surface area contributed by atoms with E-state index in [2.05, 4.69) is 12.2 Å². The first kappa shape index (κ1) is 21.4. The summed E-state index contributed by atoms with van der Waals surface area (Å²) in [5.74, 6) is 1.38. The normalized spacial score (nSPS) is 10.5. The van der Waals surface area contributed by atoms with Crippen molar-refractivity contribution in [1.29, 1.82) is 0 Å². The van der Waals surface area contributed by atoms with Crippen molar-refractivity contribution in [3.05, 3.63) is 88.5 Å². The molecule has 0 aliphatic carbocycles. The van der Waals surface area contributed by atoms with E-state index < -0.39 is 0 Å². The van der Waals surface area contributed by atoms with Crippen molar-refractivity contribution in [2.45, 2.75) is 40.7 Å². The fourth-order valence-electron chi connectivity index (χ4n) is 3.38. The molecule has 3 rings (SSSR count). The predicted octanol–water partition coefficient (Wildman–Crippen LogP) is 6.10. The highest BCUT2D eigenvalue weighted by atomic mass is 16.5. The van der Waals surface area contributed by atoms with Crippen LogP contribution in [0.3, 0.4) is 0 Å². The Bertz CT molecular complexity index is 1030. The van der Waals surface area contributed by atoms with Crippen LogP contribution in [-0.2, 0) is 13.0 Å². The second-order valence-electron chi connectivity index (χ2n) is 7.28. The average molecular weight is 404 g/mol. The van der Waals surface area contributed by atoms with Crippen LogP contribution in [0.4, 0.5) is 5.69 Å². The van der Waals surface area contributed by atoms with Gasteiger partial charge in [-0.15, -0.1) is 0 Å². The minimum absolute atomic E-state index is 0.140. The van der Waals surface area contributed by atoms with Gasteiger partial charge in [-0.3, -0.25) is 4.79 Å². The van der Waals surface area contributed by atoms with Crippen molar-refractivity contribution in [2.75, 3.05) is 11.9 Å². The summed E-state index contributed by atoms with van der Waals surface area (Å²) in [4.78, 5) is 13.0. The molecule has 0 aliphatic heterocycles. The van der Waals surface area contributed by atoms with Crippen LogP contribution in [0, 0.1) is 13.8 Å². The molecule has 0 radical (unpaired) electrons. The second kappa shape index (κ2) is 9.97. The lowest BCUT2D eigenvalue weighted by Crippen LogP contribution is -2.15. The average Bonchev–Trinajstić information content (AvgIpc) is 2.74. The van der Waals surface area contributed by atoms with E-state index in [1.54, 1.807) is 6.07 Å². The van der Waals surface area contributed by atoms with Gasteiger partial charge in [-0.1, -0.05) is 37.3 Å². The molecule has 0 atom stereocenters. The third-order valence-electron chi connectivity index (χ3n) is 4.98. The first-order valence-corrected chi connectivity index (χ1v) is 10.4. The molecule has 0 heterocycles. The molecular formula is C26H29NO3. The fraction of sp³-hybridized carbons (Fsp3) is 0.269. The summed E-state index contributed by atoms with van der Waals surface area (Å²) in [6.07, 6.45) is 0.857. The van der Waals surface area contributed by atoms with E-state index in [1.807, 2.05) is 75.4 Å². The van der Waals surface area contributed by atoms with Crippen LogP contribution in [0.1, 0.15) is 46.5 Å². The van der Waals surface area contributed by atoms with Gasteiger partial charge in [0.05, 0.1) is 6.61 Å². The number of para-hydroxylation sites is 1. The smallest absolute Gasteiger partial charge is 0.255 e. The van der Waals surface area contributed by atoms with Crippen LogP contribution in [-0.4, -0.2) is 12.5 Å². The molecule has 3 aromatic rings. The zero-order valence-corrected chi connectivity index (χ0v) is 18.1. The Morgan fingerprint density at radius 3 is 2.43 bits per heavy atom. The molecule has 0 spiro atoms. The van der Waals surface area contributed by atoms with Crippen molar-refractivity contribution in [1.82, 2.24) is 0 Å².